The number of methoxy groups -OCH3 is 1. The van der Waals surface area contributed by atoms with Gasteiger partial charge in [0, 0.05) is 13.0 Å². The Hall–Kier alpha value is -1.91. The van der Waals surface area contributed by atoms with E-state index in [4.69, 9.17) is 10.5 Å². The van der Waals surface area contributed by atoms with Crippen LogP contribution in [0.1, 0.15) is 12.0 Å². The first-order chi connectivity index (χ1) is 9.69. The average molecular weight is 273 g/mol. The van der Waals surface area contributed by atoms with E-state index < -0.39 is 11.6 Å². The van der Waals surface area contributed by atoms with E-state index >= 15 is 0 Å². The van der Waals surface area contributed by atoms with E-state index in [0.717, 1.165) is 11.1 Å². The summed E-state index contributed by atoms with van der Waals surface area (Å²) >= 11 is 0. The molecule has 1 aliphatic carbocycles. The standard InChI is InChI=1S/C16H19NO3/c1-19-15(18)11-20-16(12-17)9-7-14(8-10-16)13-5-3-2-4-6-13/h2-9H,10-12,17H2,1H3. The summed E-state index contributed by atoms with van der Waals surface area (Å²) in [5.74, 6) is -0.399. The number of allylic oxidation sites excluding steroid dienone is 2. The van der Waals surface area contributed by atoms with Gasteiger partial charge in [-0.25, -0.2) is 4.79 Å². The quantitative estimate of drug-likeness (QED) is 0.833. The smallest absolute Gasteiger partial charge is 0.331 e. The van der Waals surface area contributed by atoms with E-state index in [-0.39, 0.29) is 6.61 Å². The van der Waals surface area contributed by atoms with Gasteiger partial charge in [-0.05, 0) is 11.1 Å². The van der Waals surface area contributed by atoms with E-state index in [2.05, 4.69) is 22.9 Å². The molecule has 1 unspecified atom stereocenters. The molecule has 2 rings (SSSR count). The van der Waals surface area contributed by atoms with Crippen LogP contribution in [0.2, 0.25) is 0 Å². The molecule has 1 aromatic carbocycles. The summed E-state index contributed by atoms with van der Waals surface area (Å²) in [6, 6.07) is 10.1. The van der Waals surface area contributed by atoms with Crippen LogP contribution in [0.15, 0.2) is 48.6 Å². The molecule has 4 nitrogen and oxygen atoms in total. The molecule has 4 heteroatoms. The minimum absolute atomic E-state index is 0.0907. The molecule has 1 aliphatic rings. The van der Waals surface area contributed by atoms with Crippen molar-refractivity contribution in [1.29, 1.82) is 0 Å². The number of nitrogens with two attached hydrogens (primary N) is 1. The third-order valence-electron chi connectivity index (χ3n) is 3.39. The van der Waals surface area contributed by atoms with Gasteiger partial charge in [-0.1, -0.05) is 48.6 Å². The monoisotopic (exact) mass is 273 g/mol. The zero-order chi connectivity index (χ0) is 14.4. The minimum atomic E-state index is -0.619. The van der Waals surface area contributed by atoms with Crippen molar-refractivity contribution in [2.45, 2.75) is 12.0 Å². The van der Waals surface area contributed by atoms with Gasteiger partial charge in [0.1, 0.15) is 12.2 Å². The second kappa shape index (κ2) is 6.50. The van der Waals surface area contributed by atoms with E-state index in [9.17, 15) is 4.79 Å². The van der Waals surface area contributed by atoms with Gasteiger partial charge in [0.05, 0.1) is 7.11 Å². The maximum Gasteiger partial charge on any atom is 0.331 e. The number of carbonyl (C=O) groups excluding carboxylic acids is 1. The number of esters is 1. The highest BCUT2D eigenvalue weighted by Gasteiger charge is 2.29. The fourth-order valence-electron chi connectivity index (χ4n) is 2.08. The van der Waals surface area contributed by atoms with Crippen molar-refractivity contribution < 1.29 is 14.3 Å². The molecular weight excluding hydrogens is 254 g/mol. The Morgan fingerprint density at radius 3 is 2.65 bits per heavy atom. The lowest BCUT2D eigenvalue weighted by molar-refractivity contribution is -0.150. The fourth-order valence-corrected chi connectivity index (χ4v) is 2.08. The zero-order valence-corrected chi connectivity index (χ0v) is 11.5. The lowest BCUT2D eigenvalue weighted by Crippen LogP contribution is -2.41. The third-order valence-corrected chi connectivity index (χ3v) is 3.39. The fraction of sp³-hybridized carbons (Fsp3) is 0.312. The van der Waals surface area contributed by atoms with Crippen LogP contribution in [-0.4, -0.2) is 31.8 Å². The summed E-state index contributed by atoms with van der Waals surface area (Å²) in [4.78, 5) is 11.2. The number of hydrogen-bond acceptors (Lipinski definition) is 4. The van der Waals surface area contributed by atoms with Crippen molar-refractivity contribution in [3.05, 3.63) is 54.1 Å². The van der Waals surface area contributed by atoms with Crippen molar-refractivity contribution in [2.75, 3.05) is 20.3 Å². The van der Waals surface area contributed by atoms with Gasteiger partial charge in [-0.3, -0.25) is 0 Å². The summed E-state index contributed by atoms with van der Waals surface area (Å²) in [7, 11) is 1.34. The molecule has 0 amide bonds. The molecule has 0 aliphatic heterocycles. The molecule has 0 spiro atoms. The molecule has 0 fully saturated rings. The first-order valence-corrected chi connectivity index (χ1v) is 6.55. The van der Waals surface area contributed by atoms with Gasteiger partial charge >= 0.3 is 5.97 Å². The number of ether oxygens (including phenoxy) is 2. The van der Waals surface area contributed by atoms with Gasteiger partial charge in [0.25, 0.3) is 0 Å². The van der Waals surface area contributed by atoms with Crippen molar-refractivity contribution in [3.8, 4) is 0 Å². The predicted octanol–water partition coefficient (Wildman–Crippen LogP) is 1.92. The van der Waals surface area contributed by atoms with E-state index in [1.807, 2.05) is 30.4 Å². The highest BCUT2D eigenvalue weighted by molar-refractivity contribution is 5.75. The Kier molecular flexibility index (Phi) is 4.71. The lowest BCUT2D eigenvalue weighted by atomic mass is 9.89. The molecule has 0 heterocycles. The van der Waals surface area contributed by atoms with Gasteiger partial charge in [-0.15, -0.1) is 0 Å². The molecule has 0 bridgehead atoms. The SMILES string of the molecule is COC(=O)COC1(CN)C=CC(c2ccccc2)=CC1. The molecule has 2 N–H and O–H groups in total. The van der Waals surface area contributed by atoms with Crippen LogP contribution in [0.5, 0.6) is 0 Å². The van der Waals surface area contributed by atoms with Crippen LogP contribution in [0, 0.1) is 0 Å². The first-order valence-electron chi connectivity index (χ1n) is 6.55. The second-order valence-corrected chi connectivity index (χ2v) is 4.70. The van der Waals surface area contributed by atoms with Gasteiger partial charge in [0.2, 0.25) is 0 Å². The first kappa shape index (κ1) is 14.5. The summed E-state index contributed by atoms with van der Waals surface area (Å²) in [6.07, 6.45) is 6.64. The number of rotatable bonds is 5. The molecule has 0 aromatic heterocycles. The van der Waals surface area contributed by atoms with Gasteiger partial charge in [0.15, 0.2) is 0 Å². The highest BCUT2D eigenvalue weighted by atomic mass is 16.6. The largest absolute Gasteiger partial charge is 0.467 e. The number of benzene rings is 1. The van der Waals surface area contributed by atoms with Crippen molar-refractivity contribution in [2.24, 2.45) is 5.73 Å². The van der Waals surface area contributed by atoms with Crippen molar-refractivity contribution in [1.82, 2.24) is 0 Å². The van der Waals surface area contributed by atoms with E-state index in [1.54, 1.807) is 0 Å². The lowest BCUT2D eigenvalue weighted by Gasteiger charge is -2.30. The van der Waals surface area contributed by atoms with Crippen LogP contribution in [0.4, 0.5) is 0 Å². The molecule has 0 saturated carbocycles. The van der Waals surface area contributed by atoms with Crippen LogP contribution >= 0.6 is 0 Å². The van der Waals surface area contributed by atoms with Crippen molar-refractivity contribution >= 4 is 11.5 Å². The van der Waals surface area contributed by atoms with Gasteiger partial charge in [-0.2, -0.15) is 0 Å². The summed E-state index contributed by atoms with van der Waals surface area (Å²) in [6.45, 7) is 0.228. The predicted molar refractivity (Wildman–Crippen MR) is 77.9 cm³/mol. The number of hydrogen-bond donors (Lipinski definition) is 1. The summed E-state index contributed by atoms with van der Waals surface area (Å²) in [5, 5.41) is 0. The number of carbonyl (C=O) groups is 1. The van der Waals surface area contributed by atoms with Gasteiger partial charge < -0.3 is 15.2 Å². The molecule has 1 aromatic rings. The Morgan fingerprint density at radius 1 is 1.35 bits per heavy atom. The molecule has 0 radical (unpaired) electrons. The maximum atomic E-state index is 11.2. The maximum absolute atomic E-state index is 11.2. The van der Waals surface area contributed by atoms with Crippen LogP contribution < -0.4 is 5.73 Å². The summed E-state index contributed by atoms with van der Waals surface area (Å²) in [5.41, 5.74) is 7.46. The summed E-state index contributed by atoms with van der Waals surface area (Å²) < 4.78 is 10.2. The average Bonchev–Trinajstić information content (AvgIpc) is 2.54. The third kappa shape index (κ3) is 3.35. The van der Waals surface area contributed by atoms with Crippen LogP contribution in [0.3, 0.4) is 0 Å². The topological polar surface area (TPSA) is 61.5 Å². The zero-order valence-electron chi connectivity index (χ0n) is 11.5. The Labute approximate surface area is 118 Å². The minimum Gasteiger partial charge on any atom is -0.467 e. The highest BCUT2D eigenvalue weighted by Crippen LogP contribution is 2.28. The molecule has 20 heavy (non-hydrogen) atoms. The molecule has 0 saturated heterocycles. The van der Waals surface area contributed by atoms with Crippen LogP contribution in [0.25, 0.3) is 5.57 Å². The molecule has 106 valence electrons. The second-order valence-electron chi connectivity index (χ2n) is 4.70. The normalized spacial score (nSPS) is 21.4. The molecule has 1 atom stereocenters. The van der Waals surface area contributed by atoms with E-state index in [0.29, 0.717) is 13.0 Å². The Bertz CT molecular complexity index is 522. The Morgan fingerprint density at radius 2 is 2.10 bits per heavy atom. The molecular formula is C16H19NO3. The van der Waals surface area contributed by atoms with Crippen LogP contribution in [-0.2, 0) is 14.3 Å². The Balaban J connectivity index is 2.06. The van der Waals surface area contributed by atoms with E-state index in [1.165, 1.54) is 7.11 Å². The van der Waals surface area contributed by atoms with Crippen molar-refractivity contribution in [3.63, 3.8) is 0 Å².